The van der Waals surface area contributed by atoms with Crippen LogP contribution in [0.15, 0.2) is 0 Å². The monoisotopic (exact) mass is 268 g/mol. The van der Waals surface area contributed by atoms with Gasteiger partial charge in [-0.2, -0.15) is 0 Å². The lowest BCUT2D eigenvalue weighted by Gasteiger charge is -2.44. The molecule has 110 valence electrons. The predicted molar refractivity (Wildman–Crippen MR) is 75.0 cm³/mol. The van der Waals surface area contributed by atoms with Gasteiger partial charge in [0.15, 0.2) is 0 Å². The summed E-state index contributed by atoms with van der Waals surface area (Å²) in [5.41, 5.74) is 0.289. The average molecular weight is 268 g/mol. The lowest BCUT2D eigenvalue weighted by molar-refractivity contribution is -0.148. The summed E-state index contributed by atoms with van der Waals surface area (Å²) >= 11 is 0. The highest BCUT2D eigenvalue weighted by Gasteiger charge is 2.42. The molecule has 1 aliphatic carbocycles. The molecule has 2 rings (SSSR count). The lowest BCUT2D eigenvalue weighted by Crippen LogP contribution is -2.41. The topological polar surface area (TPSA) is 46.5 Å². The fourth-order valence-corrected chi connectivity index (χ4v) is 3.92. The maximum Gasteiger partial charge on any atom is 0.306 e. The molecule has 1 saturated heterocycles. The Morgan fingerprint density at radius 3 is 2.47 bits per heavy atom. The van der Waals surface area contributed by atoms with E-state index in [1.54, 1.807) is 0 Å². The van der Waals surface area contributed by atoms with Gasteiger partial charge in [-0.1, -0.05) is 20.8 Å². The maximum absolute atomic E-state index is 11.5. The van der Waals surface area contributed by atoms with Crippen LogP contribution in [-0.2, 0) is 9.53 Å². The highest BCUT2D eigenvalue weighted by atomic mass is 16.5. The zero-order chi connectivity index (χ0) is 14.0. The number of hydrogen-bond acceptors (Lipinski definition) is 2. The zero-order valence-corrected chi connectivity index (χ0v) is 12.5. The molecule has 0 aromatic heterocycles. The highest BCUT2D eigenvalue weighted by Crippen LogP contribution is 2.46. The van der Waals surface area contributed by atoms with Crippen molar-refractivity contribution in [1.82, 2.24) is 0 Å². The molecule has 2 fully saturated rings. The number of carboxylic acids is 1. The van der Waals surface area contributed by atoms with Crippen molar-refractivity contribution in [2.24, 2.45) is 29.1 Å². The minimum Gasteiger partial charge on any atom is -0.481 e. The van der Waals surface area contributed by atoms with Gasteiger partial charge in [0.25, 0.3) is 0 Å². The Balaban J connectivity index is 2.10. The van der Waals surface area contributed by atoms with Gasteiger partial charge in [0.2, 0.25) is 0 Å². The van der Waals surface area contributed by atoms with E-state index in [0.29, 0.717) is 17.8 Å². The van der Waals surface area contributed by atoms with Crippen molar-refractivity contribution in [1.29, 1.82) is 0 Å². The Morgan fingerprint density at radius 1 is 1.21 bits per heavy atom. The lowest BCUT2D eigenvalue weighted by atomic mass is 9.62. The number of ether oxygens (including phenoxy) is 1. The minimum absolute atomic E-state index is 0.148. The van der Waals surface area contributed by atoms with Crippen molar-refractivity contribution in [3.8, 4) is 0 Å². The van der Waals surface area contributed by atoms with Crippen LogP contribution in [0.2, 0.25) is 0 Å². The molecule has 19 heavy (non-hydrogen) atoms. The third-order valence-electron chi connectivity index (χ3n) is 5.24. The van der Waals surface area contributed by atoms with Crippen LogP contribution in [0.25, 0.3) is 0 Å². The Labute approximate surface area is 116 Å². The molecule has 3 heteroatoms. The van der Waals surface area contributed by atoms with Gasteiger partial charge in [-0.15, -0.1) is 0 Å². The predicted octanol–water partition coefficient (Wildman–Crippen LogP) is 3.58. The summed E-state index contributed by atoms with van der Waals surface area (Å²) in [5.74, 6) is 0.680. The van der Waals surface area contributed by atoms with E-state index in [-0.39, 0.29) is 11.3 Å². The summed E-state index contributed by atoms with van der Waals surface area (Å²) in [6, 6.07) is 0. The van der Waals surface area contributed by atoms with E-state index in [2.05, 4.69) is 20.8 Å². The van der Waals surface area contributed by atoms with Crippen LogP contribution < -0.4 is 0 Å². The van der Waals surface area contributed by atoms with E-state index in [4.69, 9.17) is 4.74 Å². The van der Waals surface area contributed by atoms with Crippen molar-refractivity contribution in [3.63, 3.8) is 0 Å². The van der Waals surface area contributed by atoms with E-state index in [1.807, 2.05) is 0 Å². The molecule has 0 spiro atoms. The fraction of sp³-hybridized carbons (Fsp3) is 0.938. The van der Waals surface area contributed by atoms with Crippen molar-refractivity contribution in [2.45, 2.75) is 52.9 Å². The quantitative estimate of drug-likeness (QED) is 0.832. The van der Waals surface area contributed by atoms with Gasteiger partial charge < -0.3 is 9.84 Å². The molecule has 1 heterocycles. The van der Waals surface area contributed by atoms with Gasteiger partial charge >= 0.3 is 5.97 Å². The summed E-state index contributed by atoms with van der Waals surface area (Å²) in [7, 11) is 0. The average Bonchev–Trinajstić information content (AvgIpc) is 2.38. The highest BCUT2D eigenvalue weighted by molar-refractivity contribution is 5.70. The molecule has 0 radical (unpaired) electrons. The second kappa shape index (κ2) is 5.82. The van der Waals surface area contributed by atoms with E-state index in [0.717, 1.165) is 45.3 Å². The largest absolute Gasteiger partial charge is 0.481 e. The number of carbonyl (C=O) groups is 1. The first-order chi connectivity index (χ1) is 8.89. The molecule has 0 aromatic rings. The first-order valence-corrected chi connectivity index (χ1v) is 7.70. The smallest absolute Gasteiger partial charge is 0.306 e. The SMILES string of the molecule is CC(C)(C)C1CCC(C(=O)O)C(C2CCCOC2)C1. The van der Waals surface area contributed by atoms with Crippen LogP contribution in [-0.4, -0.2) is 24.3 Å². The van der Waals surface area contributed by atoms with E-state index in [1.165, 1.54) is 0 Å². The van der Waals surface area contributed by atoms with Crippen LogP contribution in [0.4, 0.5) is 0 Å². The number of carboxylic acid groups (broad SMARTS) is 1. The molecule has 0 amide bonds. The Kier molecular flexibility index (Phi) is 4.54. The van der Waals surface area contributed by atoms with Gasteiger partial charge in [-0.05, 0) is 55.3 Å². The van der Waals surface area contributed by atoms with Crippen LogP contribution >= 0.6 is 0 Å². The normalized spacial score (nSPS) is 37.0. The second-order valence-electron chi connectivity index (χ2n) is 7.46. The number of aliphatic carboxylic acids is 1. The summed E-state index contributed by atoms with van der Waals surface area (Å²) in [4.78, 5) is 11.5. The van der Waals surface area contributed by atoms with Gasteiger partial charge in [0, 0.05) is 13.2 Å². The van der Waals surface area contributed by atoms with Gasteiger partial charge in [0.05, 0.1) is 5.92 Å². The first kappa shape index (κ1) is 14.8. The third-order valence-corrected chi connectivity index (χ3v) is 5.24. The van der Waals surface area contributed by atoms with Gasteiger partial charge in [0.1, 0.15) is 0 Å². The molecule has 0 bridgehead atoms. The van der Waals surface area contributed by atoms with Crippen molar-refractivity contribution in [3.05, 3.63) is 0 Å². The van der Waals surface area contributed by atoms with Crippen molar-refractivity contribution in [2.75, 3.05) is 13.2 Å². The fourth-order valence-electron chi connectivity index (χ4n) is 3.92. The molecule has 1 saturated carbocycles. The van der Waals surface area contributed by atoms with Gasteiger partial charge in [-0.3, -0.25) is 4.79 Å². The second-order valence-corrected chi connectivity index (χ2v) is 7.46. The van der Waals surface area contributed by atoms with Crippen molar-refractivity contribution >= 4 is 5.97 Å². The molecule has 4 atom stereocenters. The van der Waals surface area contributed by atoms with Crippen LogP contribution in [0.3, 0.4) is 0 Å². The molecule has 1 aliphatic heterocycles. The van der Waals surface area contributed by atoms with E-state index in [9.17, 15) is 9.90 Å². The number of hydrogen-bond donors (Lipinski definition) is 1. The van der Waals surface area contributed by atoms with Gasteiger partial charge in [-0.25, -0.2) is 0 Å². The third kappa shape index (κ3) is 3.50. The molecule has 4 unspecified atom stereocenters. The van der Waals surface area contributed by atoms with Crippen LogP contribution in [0.5, 0.6) is 0 Å². The molecule has 0 aromatic carbocycles. The first-order valence-electron chi connectivity index (χ1n) is 7.70. The maximum atomic E-state index is 11.5. The van der Waals surface area contributed by atoms with E-state index >= 15 is 0 Å². The summed E-state index contributed by atoms with van der Waals surface area (Å²) in [6.45, 7) is 8.47. The summed E-state index contributed by atoms with van der Waals surface area (Å²) in [6.07, 6.45) is 5.20. The molecule has 2 aliphatic rings. The Bertz CT molecular complexity index is 312. The Hall–Kier alpha value is -0.570. The van der Waals surface area contributed by atoms with Crippen LogP contribution in [0.1, 0.15) is 52.9 Å². The van der Waals surface area contributed by atoms with Crippen LogP contribution in [0, 0.1) is 29.1 Å². The zero-order valence-electron chi connectivity index (χ0n) is 12.5. The molecular weight excluding hydrogens is 240 g/mol. The minimum atomic E-state index is -0.595. The number of rotatable bonds is 2. The van der Waals surface area contributed by atoms with Crippen molar-refractivity contribution < 1.29 is 14.6 Å². The molecule has 1 N–H and O–H groups in total. The summed E-state index contributed by atoms with van der Waals surface area (Å²) in [5, 5.41) is 9.49. The molecule has 3 nitrogen and oxygen atoms in total. The van der Waals surface area contributed by atoms with E-state index < -0.39 is 5.97 Å². The summed E-state index contributed by atoms with van der Waals surface area (Å²) < 4.78 is 5.59. The molecular formula is C16H28O3. The Morgan fingerprint density at radius 2 is 1.95 bits per heavy atom. The standard InChI is InChI=1S/C16H28O3/c1-16(2,3)12-6-7-13(15(17)18)14(9-12)11-5-4-8-19-10-11/h11-14H,4-10H2,1-3H3,(H,17,18).